The van der Waals surface area contributed by atoms with E-state index in [-0.39, 0.29) is 34.7 Å². The third kappa shape index (κ3) is 3.41. The van der Waals surface area contributed by atoms with Crippen molar-refractivity contribution in [1.82, 2.24) is 19.5 Å². The summed E-state index contributed by atoms with van der Waals surface area (Å²) in [6, 6.07) is 6.58. The third-order valence-electron chi connectivity index (χ3n) is 6.44. The molecule has 0 amide bonds. The molecular formula is C25H19F3N4O4. The lowest BCUT2D eigenvalue weighted by molar-refractivity contribution is -0.0507. The van der Waals surface area contributed by atoms with E-state index in [9.17, 15) is 18.7 Å². The first-order valence-corrected chi connectivity index (χ1v) is 11.2. The van der Waals surface area contributed by atoms with Gasteiger partial charge in [0.15, 0.2) is 17.8 Å². The molecule has 8 nitrogen and oxygen atoms in total. The van der Waals surface area contributed by atoms with Crippen molar-refractivity contribution < 1.29 is 32.5 Å². The molecule has 0 aliphatic carbocycles. The van der Waals surface area contributed by atoms with Crippen molar-refractivity contribution in [2.75, 3.05) is 0 Å². The van der Waals surface area contributed by atoms with Crippen molar-refractivity contribution >= 4 is 17.0 Å². The van der Waals surface area contributed by atoms with Crippen LogP contribution in [0.15, 0.2) is 42.7 Å². The average Bonchev–Trinajstić information content (AvgIpc) is 3.29. The predicted octanol–water partition coefficient (Wildman–Crippen LogP) is 4.67. The second-order valence-corrected chi connectivity index (χ2v) is 9.26. The van der Waals surface area contributed by atoms with E-state index in [1.54, 1.807) is 24.5 Å². The minimum absolute atomic E-state index is 0.127. The number of rotatable bonds is 4. The maximum atomic E-state index is 15.1. The number of alkyl halides is 2. The fourth-order valence-corrected chi connectivity index (χ4v) is 4.91. The van der Waals surface area contributed by atoms with Gasteiger partial charge < -0.3 is 19.1 Å². The monoisotopic (exact) mass is 496 g/mol. The SMILES string of the molecule is CC(C)(O)c1ncc(-c2cc3c(cc2F)nc2n3C3CC2OC(=O)c2cccc(OC(F)F)c23)cn1. The Kier molecular flexibility index (Phi) is 4.84. The first-order chi connectivity index (χ1) is 17.1. The average molecular weight is 496 g/mol. The van der Waals surface area contributed by atoms with E-state index in [1.165, 1.54) is 36.7 Å². The highest BCUT2D eigenvalue weighted by Gasteiger charge is 2.44. The fourth-order valence-electron chi connectivity index (χ4n) is 4.91. The van der Waals surface area contributed by atoms with Gasteiger partial charge in [-0.3, -0.25) is 0 Å². The maximum absolute atomic E-state index is 15.1. The zero-order valence-electron chi connectivity index (χ0n) is 19.1. The van der Waals surface area contributed by atoms with Crippen LogP contribution in [0.2, 0.25) is 0 Å². The van der Waals surface area contributed by atoms with Crippen LogP contribution in [0.4, 0.5) is 13.2 Å². The van der Waals surface area contributed by atoms with Crippen LogP contribution in [0.1, 0.15) is 60.0 Å². The Morgan fingerprint density at radius 2 is 1.94 bits per heavy atom. The van der Waals surface area contributed by atoms with Crippen LogP contribution < -0.4 is 4.74 Å². The standard InChI is InChI=1S/C25H19F3N4O4/c1-25(2,34)23-29-9-11(10-30-23)13-6-16-15(7-14(13)26)31-21-19-8-17(32(16)21)20-12(22(33)35-19)4-3-5-18(20)36-24(27)28/h3-7,9-10,17,19,24,34H,8H2,1-2H3. The number of nitrogens with zero attached hydrogens (tertiary/aromatic N) is 4. The van der Waals surface area contributed by atoms with Gasteiger partial charge in [-0.1, -0.05) is 6.07 Å². The van der Waals surface area contributed by atoms with Crippen LogP contribution in [-0.2, 0) is 10.3 Å². The maximum Gasteiger partial charge on any atom is 0.387 e. The second kappa shape index (κ2) is 7.76. The minimum atomic E-state index is -3.08. The summed E-state index contributed by atoms with van der Waals surface area (Å²) in [6.45, 7) is 0.00252. The number of imidazole rings is 1. The Morgan fingerprint density at radius 1 is 1.19 bits per heavy atom. The number of aliphatic hydroxyl groups is 1. The summed E-state index contributed by atoms with van der Waals surface area (Å²) in [7, 11) is 0. The smallest absolute Gasteiger partial charge is 0.387 e. The number of carbonyl (C=O) groups excluding carboxylic acids is 1. The molecule has 2 aliphatic rings. The number of esters is 1. The predicted molar refractivity (Wildman–Crippen MR) is 120 cm³/mol. The molecule has 0 spiro atoms. The van der Waals surface area contributed by atoms with Crippen LogP contribution in [0.25, 0.3) is 22.2 Å². The van der Waals surface area contributed by atoms with Crippen molar-refractivity contribution in [2.45, 2.75) is 44.6 Å². The molecule has 2 aromatic carbocycles. The molecule has 4 heterocycles. The molecule has 2 atom stereocenters. The Bertz CT molecular complexity index is 1530. The lowest BCUT2D eigenvalue weighted by Gasteiger charge is -2.20. The van der Waals surface area contributed by atoms with Gasteiger partial charge in [0.05, 0.1) is 22.6 Å². The quantitative estimate of drug-likeness (QED) is 0.410. The van der Waals surface area contributed by atoms with E-state index >= 15 is 4.39 Å². The van der Waals surface area contributed by atoms with E-state index in [0.717, 1.165) is 0 Å². The van der Waals surface area contributed by atoms with E-state index in [4.69, 9.17) is 9.47 Å². The van der Waals surface area contributed by atoms with Gasteiger partial charge in [-0.2, -0.15) is 8.78 Å². The van der Waals surface area contributed by atoms with Crippen LogP contribution in [-0.4, -0.2) is 37.2 Å². The van der Waals surface area contributed by atoms with Gasteiger partial charge in [-0.05, 0) is 32.0 Å². The fraction of sp³-hybridized carbons (Fsp3) is 0.280. The van der Waals surface area contributed by atoms with E-state index < -0.39 is 36.1 Å². The number of hydrogen-bond acceptors (Lipinski definition) is 7. The highest BCUT2D eigenvalue weighted by Crippen LogP contribution is 2.49. The van der Waals surface area contributed by atoms with Gasteiger partial charge in [0.1, 0.15) is 17.2 Å². The normalized spacial score (nSPS) is 18.7. The number of fused-ring (bicyclic) bond motifs is 9. The summed E-state index contributed by atoms with van der Waals surface area (Å²) >= 11 is 0. The number of benzene rings is 2. The summed E-state index contributed by atoms with van der Waals surface area (Å²) < 4.78 is 53.7. The number of aromatic nitrogens is 4. The lowest BCUT2D eigenvalue weighted by Crippen LogP contribution is -2.19. The second-order valence-electron chi connectivity index (χ2n) is 9.26. The Hall–Kier alpha value is -3.99. The van der Waals surface area contributed by atoms with Crippen LogP contribution in [0.5, 0.6) is 5.75 Å². The van der Waals surface area contributed by atoms with Crippen molar-refractivity contribution in [1.29, 1.82) is 0 Å². The first-order valence-electron chi connectivity index (χ1n) is 11.2. The van der Waals surface area contributed by atoms with E-state index in [1.807, 2.05) is 0 Å². The summed E-state index contributed by atoms with van der Waals surface area (Å²) in [5.74, 6) is -0.774. The molecule has 11 heteroatoms. The molecule has 2 aromatic heterocycles. The molecule has 4 aromatic rings. The highest BCUT2D eigenvalue weighted by atomic mass is 19.3. The van der Waals surface area contributed by atoms with Crippen LogP contribution >= 0.6 is 0 Å². The topological polar surface area (TPSA) is 99.4 Å². The zero-order chi connectivity index (χ0) is 25.4. The van der Waals surface area contributed by atoms with Crippen molar-refractivity contribution in [3.05, 3.63) is 71.3 Å². The van der Waals surface area contributed by atoms with Crippen LogP contribution in [0.3, 0.4) is 0 Å². The van der Waals surface area contributed by atoms with Gasteiger partial charge >= 0.3 is 12.6 Å². The van der Waals surface area contributed by atoms with Crippen LogP contribution in [0, 0.1) is 5.82 Å². The van der Waals surface area contributed by atoms with Gasteiger partial charge in [0.25, 0.3) is 0 Å². The minimum Gasteiger partial charge on any atom is -0.450 e. The van der Waals surface area contributed by atoms with Crippen molar-refractivity contribution in [3.8, 4) is 16.9 Å². The summed E-state index contributed by atoms with van der Waals surface area (Å²) in [4.78, 5) is 25.6. The van der Waals surface area contributed by atoms with Crippen molar-refractivity contribution in [3.63, 3.8) is 0 Å². The largest absolute Gasteiger partial charge is 0.450 e. The number of halogens is 3. The summed E-state index contributed by atoms with van der Waals surface area (Å²) in [6.07, 6.45) is 2.38. The number of hydrogen-bond donors (Lipinski definition) is 1. The molecule has 36 heavy (non-hydrogen) atoms. The van der Waals surface area contributed by atoms with Gasteiger partial charge in [0.2, 0.25) is 0 Å². The molecular weight excluding hydrogens is 477 g/mol. The first kappa shape index (κ1) is 22.5. The Balaban J connectivity index is 1.53. The van der Waals surface area contributed by atoms with E-state index in [0.29, 0.717) is 22.4 Å². The Labute approximate surface area is 202 Å². The molecule has 0 saturated heterocycles. The summed E-state index contributed by atoms with van der Waals surface area (Å²) in [5.41, 5.74) is 0.563. The van der Waals surface area contributed by atoms with Gasteiger partial charge in [-0.15, -0.1) is 0 Å². The van der Waals surface area contributed by atoms with Crippen molar-refractivity contribution in [2.24, 2.45) is 0 Å². The molecule has 0 saturated carbocycles. The molecule has 6 rings (SSSR count). The zero-order valence-corrected chi connectivity index (χ0v) is 19.1. The third-order valence-corrected chi connectivity index (χ3v) is 6.44. The lowest BCUT2D eigenvalue weighted by atomic mass is 9.97. The van der Waals surface area contributed by atoms with Gasteiger partial charge in [-0.25, -0.2) is 24.1 Å². The highest BCUT2D eigenvalue weighted by molar-refractivity contribution is 5.93. The molecule has 0 fully saturated rings. The Morgan fingerprint density at radius 3 is 2.64 bits per heavy atom. The number of ether oxygens (including phenoxy) is 2. The molecule has 2 bridgehead atoms. The van der Waals surface area contributed by atoms with Gasteiger partial charge in [0, 0.05) is 41.6 Å². The molecule has 2 unspecified atom stereocenters. The molecule has 0 radical (unpaired) electrons. The summed E-state index contributed by atoms with van der Waals surface area (Å²) in [5, 5.41) is 10.1. The molecule has 2 aliphatic heterocycles. The van der Waals surface area contributed by atoms with E-state index in [2.05, 4.69) is 15.0 Å². The molecule has 1 N–H and O–H groups in total. The number of carbonyl (C=O) groups is 1. The molecule has 184 valence electrons.